The molecule has 1 amide bonds. The van der Waals surface area contributed by atoms with Gasteiger partial charge in [0.2, 0.25) is 5.91 Å². The van der Waals surface area contributed by atoms with Gasteiger partial charge in [0, 0.05) is 19.4 Å². The zero-order valence-electron chi connectivity index (χ0n) is 9.72. The average molecular weight is 210 g/mol. The van der Waals surface area contributed by atoms with Crippen molar-refractivity contribution in [1.29, 1.82) is 5.26 Å². The standard InChI is InChI=1S/C12H22N2O/c1-2-3-6-9-12(15)14-11-8-5-4-7-10-13/h2-9,11H2,1H3,(H,14,15). The molecule has 0 spiro atoms. The molecule has 1 N–H and O–H groups in total. The molecule has 0 radical (unpaired) electrons. The molecule has 0 aromatic carbocycles. The molecule has 0 aromatic heterocycles. The maximum absolute atomic E-state index is 11.2. The summed E-state index contributed by atoms with van der Waals surface area (Å²) in [6.07, 6.45) is 7.54. The Labute approximate surface area is 92.9 Å². The van der Waals surface area contributed by atoms with E-state index < -0.39 is 0 Å². The van der Waals surface area contributed by atoms with E-state index in [9.17, 15) is 4.79 Å². The van der Waals surface area contributed by atoms with Crippen LogP contribution in [0.15, 0.2) is 0 Å². The summed E-state index contributed by atoms with van der Waals surface area (Å²) in [6.45, 7) is 2.89. The van der Waals surface area contributed by atoms with Crippen molar-refractivity contribution in [1.82, 2.24) is 5.32 Å². The quantitative estimate of drug-likeness (QED) is 0.595. The van der Waals surface area contributed by atoms with Crippen molar-refractivity contribution in [3.8, 4) is 6.07 Å². The third-order valence-corrected chi connectivity index (χ3v) is 2.29. The van der Waals surface area contributed by atoms with E-state index in [4.69, 9.17) is 5.26 Å². The van der Waals surface area contributed by atoms with Gasteiger partial charge < -0.3 is 5.32 Å². The van der Waals surface area contributed by atoms with E-state index in [1.54, 1.807) is 0 Å². The Hall–Kier alpha value is -1.04. The number of carbonyl (C=O) groups is 1. The third kappa shape index (κ3) is 10.9. The van der Waals surface area contributed by atoms with Gasteiger partial charge in [-0.15, -0.1) is 0 Å². The maximum atomic E-state index is 11.2. The summed E-state index contributed by atoms with van der Waals surface area (Å²) < 4.78 is 0. The Morgan fingerprint density at radius 3 is 2.67 bits per heavy atom. The molecule has 3 heteroatoms. The van der Waals surface area contributed by atoms with Crippen LogP contribution in [0, 0.1) is 11.3 Å². The van der Waals surface area contributed by atoms with E-state index in [0.29, 0.717) is 12.8 Å². The highest BCUT2D eigenvalue weighted by Crippen LogP contribution is 1.99. The van der Waals surface area contributed by atoms with Crippen LogP contribution >= 0.6 is 0 Å². The molecule has 0 aliphatic rings. The zero-order valence-corrected chi connectivity index (χ0v) is 9.72. The first-order valence-corrected chi connectivity index (χ1v) is 5.95. The van der Waals surface area contributed by atoms with Gasteiger partial charge in [0.05, 0.1) is 6.07 Å². The number of carbonyl (C=O) groups excluding carboxylic acids is 1. The highest BCUT2D eigenvalue weighted by Gasteiger charge is 1.99. The minimum atomic E-state index is 0.170. The summed E-state index contributed by atoms with van der Waals surface area (Å²) in [5.41, 5.74) is 0. The largest absolute Gasteiger partial charge is 0.356 e. The van der Waals surface area contributed by atoms with Gasteiger partial charge in [0.25, 0.3) is 0 Å². The number of unbranched alkanes of at least 4 members (excludes halogenated alkanes) is 5. The Morgan fingerprint density at radius 1 is 1.20 bits per heavy atom. The van der Waals surface area contributed by atoms with Crippen LogP contribution in [0.4, 0.5) is 0 Å². The molecule has 15 heavy (non-hydrogen) atoms. The van der Waals surface area contributed by atoms with Crippen LogP contribution in [0.5, 0.6) is 0 Å². The van der Waals surface area contributed by atoms with Crippen LogP contribution < -0.4 is 5.32 Å². The SMILES string of the molecule is CCCCCC(=O)NCCCCCC#N. The Morgan fingerprint density at radius 2 is 2.00 bits per heavy atom. The van der Waals surface area contributed by atoms with Crippen molar-refractivity contribution >= 4 is 5.91 Å². The molecule has 0 saturated heterocycles. The van der Waals surface area contributed by atoms with Crippen molar-refractivity contribution in [3.05, 3.63) is 0 Å². The van der Waals surface area contributed by atoms with Crippen molar-refractivity contribution in [2.24, 2.45) is 0 Å². The summed E-state index contributed by atoms with van der Waals surface area (Å²) in [4.78, 5) is 11.2. The summed E-state index contributed by atoms with van der Waals surface area (Å²) in [5.74, 6) is 0.170. The fourth-order valence-electron chi connectivity index (χ4n) is 1.36. The predicted octanol–water partition coefficient (Wildman–Crippen LogP) is 2.77. The van der Waals surface area contributed by atoms with Gasteiger partial charge in [-0.1, -0.05) is 26.2 Å². The van der Waals surface area contributed by atoms with Crippen molar-refractivity contribution in [3.63, 3.8) is 0 Å². The summed E-state index contributed by atoms with van der Waals surface area (Å²) in [7, 11) is 0. The lowest BCUT2D eigenvalue weighted by molar-refractivity contribution is -0.121. The van der Waals surface area contributed by atoms with E-state index in [-0.39, 0.29) is 5.91 Å². The van der Waals surface area contributed by atoms with E-state index in [0.717, 1.165) is 45.1 Å². The van der Waals surface area contributed by atoms with Crippen molar-refractivity contribution in [2.45, 2.75) is 58.3 Å². The van der Waals surface area contributed by atoms with Gasteiger partial charge in [-0.25, -0.2) is 0 Å². The summed E-state index contributed by atoms with van der Waals surface area (Å²) in [6, 6.07) is 2.11. The van der Waals surface area contributed by atoms with E-state index >= 15 is 0 Å². The fourth-order valence-corrected chi connectivity index (χ4v) is 1.36. The van der Waals surface area contributed by atoms with Crippen LogP contribution in [0.1, 0.15) is 58.3 Å². The lowest BCUT2D eigenvalue weighted by Crippen LogP contribution is -2.23. The van der Waals surface area contributed by atoms with Crippen LogP contribution in [0.2, 0.25) is 0 Å². The van der Waals surface area contributed by atoms with Crippen LogP contribution in [-0.4, -0.2) is 12.5 Å². The Kier molecular flexibility index (Phi) is 10.3. The molecule has 0 heterocycles. The van der Waals surface area contributed by atoms with Gasteiger partial charge >= 0.3 is 0 Å². The zero-order chi connectivity index (χ0) is 11.4. The molecule has 3 nitrogen and oxygen atoms in total. The molecular formula is C12H22N2O. The van der Waals surface area contributed by atoms with Crippen molar-refractivity contribution in [2.75, 3.05) is 6.54 Å². The van der Waals surface area contributed by atoms with Gasteiger partial charge in [0.1, 0.15) is 0 Å². The molecule has 0 atom stereocenters. The second-order valence-corrected chi connectivity index (χ2v) is 3.78. The lowest BCUT2D eigenvalue weighted by atomic mass is 10.2. The van der Waals surface area contributed by atoms with Gasteiger partial charge in [-0.05, 0) is 19.3 Å². The van der Waals surface area contributed by atoms with Crippen LogP contribution in [0.3, 0.4) is 0 Å². The topological polar surface area (TPSA) is 52.9 Å². The second kappa shape index (κ2) is 11.0. The van der Waals surface area contributed by atoms with Crippen molar-refractivity contribution < 1.29 is 4.79 Å². The highest BCUT2D eigenvalue weighted by atomic mass is 16.1. The molecule has 0 bridgehead atoms. The first-order valence-electron chi connectivity index (χ1n) is 5.95. The number of rotatable bonds is 9. The highest BCUT2D eigenvalue weighted by molar-refractivity contribution is 5.75. The average Bonchev–Trinajstić information content (AvgIpc) is 2.23. The summed E-state index contributed by atoms with van der Waals surface area (Å²) in [5, 5.41) is 11.2. The maximum Gasteiger partial charge on any atom is 0.219 e. The number of hydrogen-bond donors (Lipinski definition) is 1. The predicted molar refractivity (Wildman–Crippen MR) is 61.2 cm³/mol. The molecular weight excluding hydrogens is 188 g/mol. The molecule has 0 rings (SSSR count). The second-order valence-electron chi connectivity index (χ2n) is 3.78. The number of nitriles is 1. The Balaban J connectivity index is 3.14. The monoisotopic (exact) mass is 210 g/mol. The van der Waals surface area contributed by atoms with Gasteiger partial charge in [-0.2, -0.15) is 5.26 Å². The Bertz CT molecular complexity index is 196. The van der Waals surface area contributed by atoms with E-state index in [1.165, 1.54) is 0 Å². The van der Waals surface area contributed by atoms with Crippen LogP contribution in [0.25, 0.3) is 0 Å². The molecule has 86 valence electrons. The number of amides is 1. The molecule has 0 unspecified atom stereocenters. The molecule has 0 saturated carbocycles. The minimum absolute atomic E-state index is 0.170. The normalized spacial score (nSPS) is 9.60. The third-order valence-electron chi connectivity index (χ3n) is 2.29. The number of nitrogens with one attached hydrogen (secondary N) is 1. The molecule has 0 aromatic rings. The number of nitrogens with zero attached hydrogens (tertiary/aromatic N) is 1. The van der Waals surface area contributed by atoms with E-state index in [2.05, 4.69) is 18.3 Å². The fraction of sp³-hybridized carbons (Fsp3) is 0.833. The summed E-state index contributed by atoms with van der Waals surface area (Å²) >= 11 is 0. The van der Waals surface area contributed by atoms with Gasteiger partial charge in [-0.3, -0.25) is 4.79 Å². The number of hydrogen-bond acceptors (Lipinski definition) is 2. The lowest BCUT2D eigenvalue weighted by Gasteiger charge is -2.03. The molecule has 0 fully saturated rings. The molecule has 0 aliphatic carbocycles. The first kappa shape index (κ1) is 14.0. The first-order chi connectivity index (χ1) is 7.31. The van der Waals surface area contributed by atoms with Gasteiger partial charge in [0.15, 0.2) is 0 Å². The molecule has 0 aliphatic heterocycles. The smallest absolute Gasteiger partial charge is 0.219 e. The van der Waals surface area contributed by atoms with E-state index in [1.807, 2.05) is 0 Å². The minimum Gasteiger partial charge on any atom is -0.356 e. The van der Waals surface area contributed by atoms with Crippen LogP contribution in [-0.2, 0) is 4.79 Å².